The third-order valence-electron chi connectivity index (χ3n) is 5.16. The zero-order valence-corrected chi connectivity index (χ0v) is 17.0. The summed E-state index contributed by atoms with van der Waals surface area (Å²) in [5, 5.41) is 5.30. The molecule has 0 fully saturated rings. The highest BCUT2D eigenvalue weighted by Crippen LogP contribution is 2.42. The van der Waals surface area contributed by atoms with Gasteiger partial charge in [-0.2, -0.15) is 0 Å². The third kappa shape index (κ3) is 3.31. The summed E-state index contributed by atoms with van der Waals surface area (Å²) >= 11 is 6.30. The van der Waals surface area contributed by atoms with Crippen LogP contribution in [0.3, 0.4) is 0 Å². The molecule has 0 radical (unpaired) electrons. The molecule has 146 valence electrons. The van der Waals surface area contributed by atoms with Gasteiger partial charge in [0, 0.05) is 33.9 Å². The van der Waals surface area contributed by atoms with Crippen LogP contribution in [0, 0.1) is 0 Å². The van der Waals surface area contributed by atoms with E-state index >= 15 is 0 Å². The van der Waals surface area contributed by atoms with Gasteiger partial charge in [0.15, 0.2) is 11.5 Å². The first kappa shape index (κ1) is 18.7. The molecule has 2 aromatic carbocycles. The first-order chi connectivity index (χ1) is 13.6. The van der Waals surface area contributed by atoms with E-state index in [0.29, 0.717) is 22.3 Å². The number of aryl methyl sites for hydroxylation is 1. The summed E-state index contributed by atoms with van der Waals surface area (Å²) in [6, 6.07) is 9.65. The van der Waals surface area contributed by atoms with Crippen molar-refractivity contribution in [3.05, 3.63) is 46.6 Å². The second kappa shape index (κ2) is 7.76. The molecular formula is C22H23ClN2O3. The molecule has 0 saturated heterocycles. The summed E-state index contributed by atoms with van der Waals surface area (Å²) in [4.78, 5) is 4.89. The van der Waals surface area contributed by atoms with Gasteiger partial charge in [0.2, 0.25) is 5.75 Å². The van der Waals surface area contributed by atoms with Gasteiger partial charge in [-0.25, -0.2) is 0 Å². The summed E-state index contributed by atoms with van der Waals surface area (Å²) in [7, 11) is 4.83. The minimum absolute atomic E-state index is 0.570. The van der Waals surface area contributed by atoms with Gasteiger partial charge in [0.25, 0.3) is 0 Å². The molecule has 0 atom stereocenters. The lowest BCUT2D eigenvalue weighted by atomic mass is 9.92. The van der Waals surface area contributed by atoms with Gasteiger partial charge < -0.3 is 19.5 Å². The Morgan fingerprint density at radius 1 is 0.929 bits per heavy atom. The van der Waals surface area contributed by atoms with Crippen molar-refractivity contribution in [1.29, 1.82) is 0 Å². The Hall–Kier alpha value is -2.66. The molecule has 1 aromatic heterocycles. The van der Waals surface area contributed by atoms with E-state index < -0.39 is 0 Å². The van der Waals surface area contributed by atoms with Crippen LogP contribution in [0.2, 0.25) is 5.02 Å². The molecule has 0 aliphatic heterocycles. The van der Waals surface area contributed by atoms with E-state index in [1.165, 1.54) is 12.0 Å². The molecule has 3 aromatic rings. The molecule has 4 rings (SSSR count). The summed E-state index contributed by atoms with van der Waals surface area (Å²) in [6.45, 7) is 0. The van der Waals surface area contributed by atoms with Gasteiger partial charge in [0.05, 0.1) is 32.5 Å². The van der Waals surface area contributed by atoms with Crippen molar-refractivity contribution in [2.45, 2.75) is 25.7 Å². The number of fused-ring (bicyclic) bond motifs is 2. The summed E-state index contributed by atoms with van der Waals surface area (Å²) in [5.74, 6) is 1.78. The Kier molecular flexibility index (Phi) is 5.18. The Labute approximate surface area is 169 Å². The first-order valence-electron chi connectivity index (χ1n) is 9.32. The maximum atomic E-state index is 6.30. The quantitative estimate of drug-likeness (QED) is 0.611. The van der Waals surface area contributed by atoms with Crippen LogP contribution in [0.5, 0.6) is 17.2 Å². The van der Waals surface area contributed by atoms with Crippen molar-refractivity contribution in [2.24, 2.45) is 0 Å². The Bertz CT molecular complexity index is 1010. The fourth-order valence-electron chi connectivity index (χ4n) is 3.84. The Morgan fingerprint density at radius 3 is 2.32 bits per heavy atom. The molecule has 5 nitrogen and oxygen atoms in total. The number of halogens is 1. The molecular weight excluding hydrogens is 376 g/mol. The maximum absolute atomic E-state index is 6.30. The summed E-state index contributed by atoms with van der Waals surface area (Å²) in [5.41, 5.74) is 5.27. The number of methoxy groups -OCH3 is 3. The molecule has 0 amide bonds. The predicted molar refractivity (Wildman–Crippen MR) is 113 cm³/mol. The zero-order valence-electron chi connectivity index (χ0n) is 16.3. The lowest BCUT2D eigenvalue weighted by Crippen LogP contribution is -2.10. The zero-order chi connectivity index (χ0) is 19.7. The normalized spacial score (nSPS) is 13.1. The van der Waals surface area contributed by atoms with Crippen LogP contribution in [0.25, 0.3) is 10.9 Å². The van der Waals surface area contributed by atoms with Crippen molar-refractivity contribution in [2.75, 3.05) is 26.6 Å². The average molecular weight is 399 g/mol. The first-order valence-corrected chi connectivity index (χ1v) is 9.70. The van der Waals surface area contributed by atoms with Crippen molar-refractivity contribution in [1.82, 2.24) is 4.98 Å². The summed E-state index contributed by atoms with van der Waals surface area (Å²) < 4.78 is 16.4. The lowest BCUT2D eigenvalue weighted by molar-refractivity contribution is 0.324. The Balaban J connectivity index is 1.89. The number of anilines is 2. The van der Waals surface area contributed by atoms with Crippen LogP contribution in [0.1, 0.15) is 24.1 Å². The van der Waals surface area contributed by atoms with Gasteiger partial charge in [-0.3, -0.25) is 4.98 Å². The second-order valence-electron chi connectivity index (χ2n) is 6.82. The molecule has 6 heteroatoms. The number of nitrogens with zero attached hydrogens (tertiary/aromatic N) is 1. The Morgan fingerprint density at radius 2 is 1.64 bits per heavy atom. The van der Waals surface area contributed by atoms with Gasteiger partial charge in [-0.05, 0) is 49.4 Å². The van der Waals surface area contributed by atoms with Crippen LogP contribution in [-0.4, -0.2) is 26.3 Å². The summed E-state index contributed by atoms with van der Waals surface area (Å²) in [6.07, 6.45) is 4.32. The lowest BCUT2D eigenvalue weighted by Gasteiger charge is -2.22. The second-order valence-corrected chi connectivity index (χ2v) is 7.26. The molecule has 1 heterocycles. The van der Waals surface area contributed by atoms with Gasteiger partial charge in [-0.1, -0.05) is 11.6 Å². The fraction of sp³-hybridized carbons (Fsp3) is 0.318. The molecule has 0 bridgehead atoms. The third-order valence-corrected chi connectivity index (χ3v) is 5.39. The predicted octanol–water partition coefficient (Wildman–Crippen LogP) is 5.54. The van der Waals surface area contributed by atoms with Crippen LogP contribution >= 0.6 is 11.6 Å². The van der Waals surface area contributed by atoms with E-state index in [1.807, 2.05) is 30.3 Å². The highest BCUT2D eigenvalue weighted by Gasteiger charge is 2.20. The number of ether oxygens (including phenoxy) is 3. The highest BCUT2D eigenvalue weighted by molar-refractivity contribution is 6.31. The van der Waals surface area contributed by atoms with Gasteiger partial charge in [0.1, 0.15) is 0 Å². The molecule has 28 heavy (non-hydrogen) atoms. The van der Waals surface area contributed by atoms with Crippen LogP contribution in [0.15, 0.2) is 30.3 Å². The number of rotatable bonds is 5. The molecule has 0 saturated carbocycles. The largest absolute Gasteiger partial charge is 0.493 e. The minimum atomic E-state index is 0.570. The van der Waals surface area contributed by atoms with Crippen LogP contribution in [0.4, 0.5) is 11.4 Å². The number of hydrogen-bond donors (Lipinski definition) is 1. The average Bonchev–Trinajstić information content (AvgIpc) is 2.73. The van der Waals surface area contributed by atoms with Gasteiger partial charge in [-0.15, -0.1) is 0 Å². The van der Waals surface area contributed by atoms with E-state index in [-0.39, 0.29) is 0 Å². The maximum Gasteiger partial charge on any atom is 0.203 e. The number of aromatic nitrogens is 1. The minimum Gasteiger partial charge on any atom is -0.493 e. The number of pyridine rings is 1. The fourth-order valence-corrected chi connectivity index (χ4v) is 4.01. The van der Waals surface area contributed by atoms with Crippen molar-refractivity contribution in [3.8, 4) is 17.2 Å². The van der Waals surface area contributed by atoms with Gasteiger partial charge >= 0.3 is 0 Å². The number of nitrogens with one attached hydrogen (secondary N) is 1. The van der Waals surface area contributed by atoms with E-state index in [9.17, 15) is 0 Å². The molecule has 1 aliphatic carbocycles. The number of hydrogen-bond acceptors (Lipinski definition) is 5. The topological polar surface area (TPSA) is 52.6 Å². The van der Waals surface area contributed by atoms with E-state index in [4.69, 9.17) is 30.8 Å². The molecule has 1 aliphatic rings. The monoisotopic (exact) mass is 398 g/mol. The standard InChI is InChI=1S/C22H23ClN2O3/c1-26-19-11-14(12-20(27-2)22(19)28-3)24-21-15-6-4-5-7-17(15)25-18-9-8-13(23)10-16(18)21/h8-12H,4-7H2,1-3H3,(H,24,25). The van der Waals surface area contributed by atoms with Crippen LogP contribution in [-0.2, 0) is 12.8 Å². The van der Waals surface area contributed by atoms with E-state index in [1.54, 1.807) is 21.3 Å². The van der Waals surface area contributed by atoms with Crippen LogP contribution < -0.4 is 19.5 Å². The SMILES string of the molecule is COc1cc(Nc2c3c(nc4ccc(Cl)cc24)CCCC3)cc(OC)c1OC. The smallest absolute Gasteiger partial charge is 0.203 e. The van der Waals surface area contributed by atoms with E-state index in [2.05, 4.69) is 5.32 Å². The number of benzene rings is 2. The van der Waals surface area contributed by atoms with Crippen molar-refractivity contribution >= 4 is 33.9 Å². The van der Waals surface area contributed by atoms with Crippen molar-refractivity contribution < 1.29 is 14.2 Å². The highest BCUT2D eigenvalue weighted by atomic mass is 35.5. The molecule has 0 spiro atoms. The molecule has 1 N–H and O–H groups in total. The molecule has 0 unspecified atom stereocenters. The van der Waals surface area contributed by atoms with E-state index in [0.717, 1.165) is 47.2 Å². The van der Waals surface area contributed by atoms with Crippen molar-refractivity contribution in [3.63, 3.8) is 0 Å².